The fraction of sp³-hybridized carbons (Fsp3) is 0.200. The maximum atomic E-state index is 13.9. The summed E-state index contributed by atoms with van der Waals surface area (Å²) in [5, 5.41) is 2.84. The highest BCUT2D eigenvalue weighted by molar-refractivity contribution is 5.91. The minimum Gasteiger partial charge on any atom is -0.373 e. The highest BCUT2D eigenvalue weighted by Gasteiger charge is 2.31. The van der Waals surface area contributed by atoms with E-state index in [9.17, 15) is 22.8 Å². The van der Waals surface area contributed by atoms with Crippen molar-refractivity contribution in [3.8, 4) is 0 Å². The van der Waals surface area contributed by atoms with Gasteiger partial charge in [0.1, 0.15) is 5.82 Å². The number of aromatic amines is 1. The number of H-pyrrole nitrogens is 1. The van der Waals surface area contributed by atoms with E-state index < -0.39 is 35.1 Å². The van der Waals surface area contributed by atoms with E-state index in [-0.39, 0.29) is 24.0 Å². The Morgan fingerprint density at radius 3 is 2.48 bits per heavy atom. The van der Waals surface area contributed by atoms with Crippen molar-refractivity contribution in [3.63, 3.8) is 0 Å². The van der Waals surface area contributed by atoms with Gasteiger partial charge in [-0.05, 0) is 41.8 Å². The van der Waals surface area contributed by atoms with Gasteiger partial charge in [0.05, 0.1) is 24.6 Å². The van der Waals surface area contributed by atoms with E-state index in [0.29, 0.717) is 16.9 Å². The first-order valence-corrected chi connectivity index (χ1v) is 8.76. The fourth-order valence-corrected chi connectivity index (χ4v) is 3.43. The number of nitrogens with one attached hydrogen (secondary N) is 2. The van der Waals surface area contributed by atoms with Crippen molar-refractivity contribution in [2.45, 2.75) is 12.6 Å². The van der Waals surface area contributed by atoms with Crippen molar-refractivity contribution < 1.29 is 22.7 Å². The minimum absolute atomic E-state index is 0.0121. The molecule has 0 saturated carbocycles. The number of ether oxygens (including phenoxy) is 1. The predicted molar refractivity (Wildman–Crippen MR) is 100 cm³/mol. The first-order chi connectivity index (χ1) is 13.8. The van der Waals surface area contributed by atoms with Crippen LogP contribution in [0.1, 0.15) is 17.3 Å². The van der Waals surface area contributed by atoms with E-state index in [1.807, 2.05) is 0 Å². The molecule has 1 aliphatic rings. The molecule has 2 N–H and O–H groups in total. The van der Waals surface area contributed by atoms with Gasteiger partial charge in [-0.1, -0.05) is 0 Å². The summed E-state index contributed by atoms with van der Waals surface area (Å²) in [7, 11) is 1.51. The Hall–Kier alpha value is -3.33. The average Bonchev–Trinajstić information content (AvgIpc) is 2.70. The third-order valence-electron chi connectivity index (χ3n) is 4.92. The number of amides is 2. The van der Waals surface area contributed by atoms with Crippen LogP contribution in [-0.2, 0) is 11.3 Å². The van der Waals surface area contributed by atoms with E-state index in [0.717, 1.165) is 12.1 Å². The lowest BCUT2D eigenvalue weighted by molar-refractivity contribution is 0.0527. The molecule has 1 aliphatic heterocycles. The molecule has 0 saturated heterocycles. The lowest BCUT2D eigenvalue weighted by Gasteiger charge is -2.33. The third kappa shape index (κ3) is 3.44. The number of pyridine rings is 1. The molecule has 0 bridgehead atoms. The maximum absolute atomic E-state index is 13.9. The van der Waals surface area contributed by atoms with E-state index in [1.54, 1.807) is 0 Å². The number of likely N-dealkylation sites (N-methyl/N-ethyl adjacent to an activating group) is 1. The highest BCUT2D eigenvalue weighted by atomic mass is 19.2. The molecule has 0 spiro atoms. The molecule has 1 unspecified atom stereocenters. The number of halogens is 3. The second kappa shape index (κ2) is 7.25. The van der Waals surface area contributed by atoms with Crippen LogP contribution < -0.4 is 10.9 Å². The summed E-state index contributed by atoms with van der Waals surface area (Å²) in [5.74, 6) is -2.65. The van der Waals surface area contributed by atoms with Crippen molar-refractivity contribution in [1.29, 1.82) is 0 Å². The van der Waals surface area contributed by atoms with E-state index >= 15 is 0 Å². The molecule has 2 amide bonds. The maximum Gasteiger partial charge on any atom is 0.322 e. The largest absolute Gasteiger partial charge is 0.373 e. The molecule has 0 radical (unpaired) electrons. The van der Waals surface area contributed by atoms with Crippen LogP contribution in [0.3, 0.4) is 0 Å². The number of benzene rings is 2. The van der Waals surface area contributed by atoms with Gasteiger partial charge in [0.15, 0.2) is 11.6 Å². The van der Waals surface area contributed by atoms with Crippen LogP contribution in [0, 0.1) is 17.5 Å². The zero-order valence-corrected chi connectivity index (χ0v) is 15.3. The van der Waals surface area contributed by atoms with Crippen LogP contribution in [0.2, 0.25) is 0 Å². The molecular formula is C20H16F3N3O3. The number of anilines is 1. The van der Waals surface area contributed by atoms with Gasteiger partial charge in [0, 0.05) is 24.0 Å². The number of urea groups is 1. The lowest BCUT2D eigenvalue weighted by Crippen LogP contribution is -2.39. The summed E-state index contributed by atoms with van der Waals surface area (Å²) in [5.41, 5.74) is 0.702. The zero-order valence-electron chi connectivity index (χ0n) is 15.3. The molecule has 2 heterocycles. The minimum atomic E-state index is -1.13. The second-order valence-corrected chi connectivity index (χ2v) is 6.74. The fourth-order valence-electron chi connectivity index (χ4n) is 3.43. The number of carbonyl (C=O) groups excluding carboxylic acids is 1. The van der Waals surface area contributed by atoms with E-state index in [4.69, 9.17) is 4.74 Å². The van der Waals surface area contributed by atoms with Gasteiger partial charge in [-0.2, -0.15) is 0 Å². The third-order valence-corrected chi connectivity index (χ3v) is 4.92. The zero-order chi connectivity index (χ0) is 20.7. The molecule has 4 rings (SSSR count). The normalized spacial score (nSPS) is 15.8. The first-order valence-electron chi connectivity index (χ1n) is 8.76. The molecule has 6 nitrogen and oxygen atoms in total. The Labute approximate surface area is 162 Å². The molecule has 3 aromatic rings. The molecule has 2 aromatic carbocycles. The molecule has 1 aromatic heterocycles. The Kier molecular flexibility index (Phi) is 4.75. The number of hydrogen-bond acceptors (Lipinski definition) is 3. The number of aromatic nitrogens is 1. The van der Waals surface area contributed by atoms with E-state index in [2.05, 4.69) is 10.3 Å². The Morgan fingerprint density at radius 2 is 1.79 bits per heavy atom. The van der Waals surface area contributed by atoms with Crippen molar-refractivity contribution in [3.05, 3.63) is 75.5 Å². The smallest absolute Gasteiger partial charge is 0.322 e. The highest BCUT2D eigenvalue weighted by Crippen LogP contribution is 2.33. The summed E-state index contributed by atoms with van der Waals surface area (Å²) >= 11 is 0. The van der Waals surface area contributed by atoms with Gasteiger partial charge in [-0.3, -0.25) is 4.79 Å². The quantitative estimate of drug-likeness (QED) is 0.686. The number of carbonyl (C=O) groups is 1. The standard InChI is InChI=1S/C20H16F3N3O3/c1-26(20(28)24-11-4-2-10(21)3-5-11)17-9-29-8-16-18(17)12-6-14(22)15(23)7-13(12)19(27)25-16/h2-7,17H,8-9H2,1H3,(H,24,28)(H,25,27). The summed E-state index contributed by atoms with van der Waals surface area (Å²) in [6, 6.07) is 5.88. The predicted octanol–water partition coefficient (Wildman–Crippen LogP) is 3.68. The number of nitrogens with zero attached hydrogens (tertiary/aromatic N) is 1. The van der Waals surface area contributed by atoms with Crippen molar-refractivity contribution >= 4 is 22.5 Å². The SMILES string of the molecule is CN(C(=O)Nc1ccc(F)cc1)C1COCc2[nH]c(=O)c3cc(F)c(F)cc3c21. The van der Waals surface area contributed by atoms with Gasteiger partial charge >= 0.3 is 6.03 Å². The number of hydrogen-bond donors (Lipinski definition) is 2. The molecule has 29 heavy (non-hydrogen) atoms. The molecular weight excluding hydrogens is 387 g/mol. The van der Waals surface area contributed by atoms with Gasteiger partial charge in [0.2, 0.25) is 0 Å². The van der Waals surface area contributed by atoms with Crippen molar-refractivity contribution in [1.82, 2.24) is 9.88 Å². The summed E-state index contributed by atoms with van der Waals surface area (Å²) in [6.45, 7) is 0.171. The van der Waals surface area contributed by atoms with Crippen LogP contribution in [0.4, 0.5) is 23.7 Å². The van der Waals surface area contributed by atoms with Gasteiger partial charge in [-0.15, -0.1) is 0 Å². The average molecular weight is 403 g/mol. The Balaban J connectivity index is 1.74. The Bertz CT molecular complexity index is 1160. The second-order valence-electron chi connectivity index (χ2n) is 6.74. The van der Waals surface area contributed by atoms with Crippen LogP contribution in [0.25, 0.3) is 10.8 Å². The Morgan fingerprint density at radius 1 is 1.14 bits per heavy atom. The van der Waals surface area contributed by atoms with Crippen molar-refractivity contribution in [2.24, 2.45) is 0 Å². The lowest BCUT2D eigenvalue weighted by atomic mass is 9.95. The number of rotatable bonds is 2. The molecule has 9 heteroatoms. The van der Waals surface area contributed by atoms with Crippen LogP contribution in [-0.4, -0.2) is 29.6 Å². The van der Waals surface area contributed by atoms with Crippen LogP contribution in [0.15, 0.2) is 41.2 Å². The van der Waals surface area contributed by atoms with Gasteiger partial charge < -0.3 is 19.9 Å². The first kappa shape index (κ1) is 19.0. The monoisotopic (exact) mass is 403 g/mol. The van der Waals surface area contributed by atoms with Crippen LogP contribution >= 0.6 is 0 Å². The summed E-state index contributed by atoms with van der Waals surface area (Å²) in [6.07, 6.45) is 0. The molecule has 150 valence electrons. The van der Waals surface area contributed by atoms with Crippen molar-refractivity contribution in [2.75, 3.05) is 19.0 Å². The molecule has 1 atom stereocenters. The summed E-state index contributed by atoms with van der Waals surface area (Å²) < 4.78 is 46.1. The number of fused-ring (bicyclic) bond motifs is 3. The summed E-state index contributed by atoms with van der Waals surface area (Å²) in [4.78, 5) is 28.9. The van der Waals surface area contributed by atoms with E-state index in [1.165, 1.54) is 36.2 Å². The van der Waals surface area contributed by atoms with Gasteiger partial charge in [-0.25, -0.2) is 18.0 Å². The van der Waals surface area contributed by atoms with Crippen LogP contribution in [0.5, 0.6) is 0 Å². The molecule has 0 aliphatic carbocycles. The van der Waals surface area contributed by atoms with Gasteiger partial charge in [0.25, 0.3) is 5.56 Å². The topological polar surface area (TPSA) is 74.4 Å². The molecule has 0 fully saturated rings.